The van der Waals surface area contributed by atoms with Crippen LogP contribution in [0.15, 0.2) is 0 Å². The summed E-state index contributed by atoms with van der Waals surface area (Å²) in [6.07, 6.45) is 0. The van der Waals surface area contributed by atoms with Gasteiger partial charge < -0.3 is 16.8 Å². The molecule has 4 heteroatoms. The minimum absolute atomic E-state index is 0. The zero-order valence-electron chi connectivity index (χ0n) is 5.19. The first-order valence-electron chi connectivity index (χ1n) is 2.52. The van der Waals surface area contributed by atoms with Crippen LogP contribution in [0.3, 0.4) is 0 Å². The molecule has 0 aliphatic rings. The normalized spacial score (nSPS) is 8.25. The molecule has 0 aromatic heterocycles. The molecule has 0 atom stereocenters. The molecule has 0 aliphatic carbocycles. The van der Waals surface area contributed by atoms with E-state index in [1.54, 1.807) is 0 Å². The van der Waals surface area contributed by atoms with Crippen LogP contribution < -0.4 is 16.8 Å². The molecule has 0 aliphatic heterocycles. The Hall–Kier alpha value is 0.802. The predicted molar refractivity (Wildman–Crippen MR) is 39.5 cm³/mol. The van der Waals surface area contributed by atoms with E-state index < -0.39 is 0 Å². The maximum atomic E-state index is 5.17. The predicted octanol–water partition coefficient (Wildman–Crippen LogP) is -2.42. The Kier molecular flexibility index (Phi) is 15.5. The summed E-state index contributed by atoms with van der Waals surface area (Å²) >= 11 is 0. The van der Waals surface area contributed by atoms with Crippen LogP contribution in [0.2, 0.25) is 0 Å². The molecule has 3 nitrogen and oxygen atoms in total. The Morgan fingerprint density at radius 1 is 1.00 bits per heavy atom. The number of nitrogens with one attached hydrogen (secondary N) is 1. The Morgan fingerprint density at radius 3 is 1.62 bits per heavy atom. The van der Waals surface area contributed by atoms with Crippen LogP contribution in [0.25, 0.3) is 0 Å². The van der Waals surface area contributed by atoms with Gasteiger partial charge in [0.1, 0.15) is 0 Å². The molecule has 0 amide bonds. The molecule has 0 aromatic carbocycles. The summed E-state index contributed by atoms with van der Waals surface area (Å²) < 4.78 is 0. The monoisotopic (exact) mass is 313 g/mol. The maximum absolute atomic E-state index is 5.17. The molecule has 0 saturated carbocycles. The summed E-state index contributed by atoms with van der Waals surface area (Å²) in [4.78, 5) is 0. The van der Waals surface area contributed by atoms with Crippen LogP contribution in [0.1, 0.15) is 0 Å². The van der Waals surface area contributed by atoms with E-state index in [1.165, 1.54) is 0 Å². The van der Waals surface area contributed by atoms with Crippen LogP contribution in [0, 0.1) is 0 Å². The van der Waals surface area contributed by atoms with Gasteiger partial charge in [0.05, 0.1) is 0 Å². The van der Waals surface area contributed by atoms with Crippen molar-refractivity contribution in [3.63, 3.8) is 0 Å². The molecule has 0 bridgehead atoms. The Morgan fingerprint density at radius 2 is 1.38 bits per heavy atom. The number of hydrogen-bond donors (Lipinski definition) is 3. The van der Waals surface area contributed by atoms with Crippen molar-refractivity contribution in [2.45, 2.75) is 0 Å². The minimum atomic E-state index is 0. The standard InChI is InChI=1S/C4H13N3.Pb.2H/c5-1-3-7-4-2-6;;;/h7H,1-6H2;;;. The molecule has 0 rings (SSSR count). The topological polar surface area (TPSA) is 64.1 Å². The van der Waals surface area contributed by atoms with E-state index >= 15 is 0 Å². The van der Waals surface area contributed by atoms with Crippen LogP contribution in [-0.4, -0.2) is 53.5 Å². The molecular weight excluding hydrogens is 297 g/mol. The molecule has 2 radical (unpaired) electrons. The fraction of sp³-hybridized carbons (Fsp3) is 1.00. The van der Waals surface area contributed by atoms with Crippen molar-refractivity contribution in [3.05, 3.63) is 0 Å². The van der Waals surface area contributed by atoms with Gasteiger partial charge in [-0.15, -0.1) is 0 Å². The second-order valence-corrected chi connectivity index (χ2v) is 1.33. The summed E-state index contributed by atoms with van der Waals surface area (Å²) in [6, 6.07) is 0. The van der Waals surface area contributed by atoms with E-state index in [0.717, 1.165) is 13.1 Å². The van der Waals surface area contributed by atoms with Crippen molar-refractivity contribution in [1.29, 1.82) is 0 Å². The van der Waals surface area contributed by atoms with Crippen LogP contribution >= 0.6 is 0 Å². The average molecular weight is 312 g/mol. The molecular formula is C4H15N3Pb. The molecule has 0 spiro atoms. The molecule has 50 valence electrons. The zero-order chi connectivity index (χ0) is 5.54. The molecule has 0 unspecified atom stereocenters. The molecule has 5 N–H and O–H groups in total. The Bertz CT molecular complexity index is 30.5. The molecule has 0 saturated heterocycles. The number of rotatable bonds is 4. The van der Waals surface area contributed by atoms with Crippen molar-refractivity contribution in [2.75, 3.05) is 26.2 Å². The van der Waals surface area contributed by atoms with Gasteiger partial charge in [-0.2, -0.15) is 0 Å². The van der Waals surface area contributed by atoms with E-state index in [4.69, 9.17) is 11.5 Å². The van der Waals surface area contributed by atoms with Crippen molar-refractivity contribution in [1.82, 2.24) is 5.32 Å². The fourth-order valence-electron chi connectivity index (χ4n) is 0.329. The van der Waals surface area contributed by atoms with Crippen LogP contribution in [0.5, 0.6) is 0 Å². The molecule has 0 heterocycles. The summed E-state index contributed by atoms with van der Waals surface area (Å²) in [5.41, 5.74) is 10.3. The second-order valence-electron chi connectivity index (χ2n) is 1.33. The van der Waals surface area contributed by atoms with Gasteiger partial charge in [0, 0.05) is 26.2 Å². The van der Waals surface area contributed by atoms with E-state index in [1.807, 2.05) is 0 Å². The molecule has 0 aromatic rings. The van der Waals surface area contributed by atoms with Gasteiger partial charge in [0.15, 0.2) is 0 Å². The average Bonchev–Trinajstić information content (AvgIpc) is 1.69. The number of nitrogens with two attached hydrogens (primary N) is 2. The van der Waals surface area contributed by atoms with Gasteiger partial charge in [-0.25, -0.2) is 0 Å². The van der Waals surface area contributed by atoms with E-state index in [-0.39, 0.29) is 27.3 Å². The van der Waals surface area contributed by atoms with Crippen molar-refractivity contribution in [2.24, 2.45) is 11.5 Å². The zero-order valence-corrected chi connectivity index (χ0v) is 10.7. The van der Waals surface area contributed by atoms with E-state index in [0.29, 0.717) is 13.1 Å². The second kappa shape index (κ2) is 10.7. The van der Waals surface area contributed by atoms with Gasteiger partial charge in [0.25, 0.3) is 0 Å². The van der Waals surface area contributed by atoms with Gasteiger partial charge in [0.2, 0.25) is 0 Å². The van der Waals surface area contributed by atoms with Gasteiger partial charge >= 0.3 is 27.3 Å². The quantitative estimate of drug-likeness (QED) is 0.400. The third-order valence-corrected chi connectivity index (χ3v) is 0.642. The Labute approximate surface area is 70.3 Å². The summed E-state index contributed by atoms with van der Waals surface area (Å²) in [5.74, 6) is 0. The first kappa shape index (κ1) is 11.6. The van der Waals surface area contributed by atoms with Crippen molar-refractivity contribution in [3.8, 4) is 0 Å². The van der Waals surface area contributed by atoms with Gasteiger partial charge in [-0.05, 0) is 0 Å². The molecule has 8 heavy (non-hydrogen) atoms. The van der Waals surface area contributed by atoms with Gasteiger partial charge in [-0.3, -0.25) is 0 Å². The summed E-state index contributed by atoms with van der Waals surface area (Å²) in [5, 5.41) is 3.03. The van der Waals surface area contributed by atoms with Crippen molar-refractivity contribution >= 4 is 27.3 Å². The van der Waals surface area contributed by atoms with E-state index in [9.17, 15) is 0 Å². The molecule has 0 fully saturated rings. The van der Waals surface area contributed by atoms with Crippen molar-refractivity contribution < 1.29 is 0 Å². The fourth-order valence-corrected chi connectivity index (χ4v) is 0.329. The summed E-state index contributed by atoms with van der Waals surface area (Å²) in [7, 11) is 0. The summed E-state index contributed by atoms with van der Waals surface area (Å²) in [6.45, 7) is 3.13. The van der Waals surface area contributed by atoms with E-state index in [2.05, 4.69) is 5.32 Å². The third kappa shape index (κ3) is 9.93. The van der Waals surface area contributed by atoms with Crippen LogP contribution in [0.4, 0.5) is 0 Å². The SMILES string of the molecule is NCCNCCN.[PbH2]. The first-order valence-corrected chi connectivity index (χ1v) is 2.52. The Balaban J connectivity index is 0. The number of hydrogen-bond acceptors (Lipinski definition) is 3. The first-order chi connectivity index (χ1) is 3.41. The van der Waals surface area contributed by atoms with Crippen LogP contribution in [-0.2, 0) is 0 Å². The van der Waals surface area contributed by atoms with Gasteiger partial charge in [-0.1, -0.05) is 0 Å². The third-order valence-electron chi connectivity index (χ3n) is 0.642.